The molecule has 0 amide bonds. The maximum absolute atomic E-state index is 13.4. The number of sulfonamides is 1. The highest BCUT2D eigenvalue weighted by Gasteiger charge is 2.33. The third-order valence-corrected chi connectivity index (χ3v) is 6.65. The molecule has 2 aromatic rings. The SMILES string of the molecule is Cc1sc(CO)cc1S(=O)(=O)N1CCc2ccc(F)cc21. The summed E-state index contributed by atoms with van der Waals surface area (Å²) in [6, 6.07) is 5.72. The standard InChI is InChI=1S/C14H14FNO3S2/c1-9-14(7-12(8-17)20-9)21(18,19)16-5-4-10-2-3-11(15)6-13(10)16/h2-3,6-7,17H,4-5,8H2,1H3. The molecule has 1 aliphatic rings. The maximum atomic E-state index is 13.4. The minimum atomic E-state index is -3.72. The van der Waals surface area contributed by atoms with E-state index in [4.69, 9.17) is 5.11 Å². The van der Waals surface area contributed by atoms with Gasteiger partial charge < -0.3 is 5.11 Å². The predicted octanol–water partition coefficient (Wildman–Crippen LogP) is 2.44. The van der Waals surface area contributed by atoms with Gasteiger partial charge in [-0.15, -0.1) is 11.3 Å². The van der Waals surface area contributed by atoms with Crippen molar-refractivity contribution >= 4 is 27.0 Å². The number of fused-ring (bicyclic) bond motifs is 1. The van der Waals surface area contributed by atoms with Gasteiger partial charge in [0.1, 0.15) is 10.7 Å². The molecule has 1 aromatic carbocycles. The Kier molecular flexibility index (Phi) is 3.51. The molecule has 7 heteroatoms. The van der Waals surface area contributed by atoms with Crippen molar-refractivity contribution in [3.05, 3.63) is 45.4 Å². The first-order valence-corrected chi connectivity index (χ1v) is 8.70. The Balaban J connectivity index is 2.09. The number of aryl methyl sites for hydroxylation is 1. The topological polar surface area (TPSA) is 57.6 Å². The van der Waals surface area contributed by atoms with E-state index in [9.17, 15) is 12.8 Å². The lowest BCUT2D eigenvalue weighted by Crippen LogP contribution is -2.29. The molecule has 21 heavy (non-hydrogen) atoms. The van der Waals surface area contributed by atoms with Crippen LogP contribution in [0.5, 0.6) is 0 Å². The molecule has 0 atom stereocenters. The minimum Gasteiger partial charge on any atom is -0.391 e. The van der Waals surface area contributed by atoms with Crippen molar-refractivity contribution in [2.24, 2.45) is 0 Å². The van der Waals surface area contributed by atoms with Crippen LogP contribution in [0.15, 0.2) is 29.2 Å². The molecule has 0 bridgehead atoms. The zero-order chi connectivity index (χ0) is 15.2. The fourth-order valence-electron chi connectivity index (χ4n) is 2.55. The third kappa shape index (κ3) is 2.35. The minimum absolute atomic E-state index is 0.188. The average molecular weight is 327 g/mol. The lowest BCUT2D eigenvalue weighted by Gasteiger charge is -2.19. The van der Waals surface area contributed by atoms with Crippen LogP contribution in [0.3, 0.4) is 0 Å². The van der Waals surface area contributed by atoms with Crippen molar-refractivity contribution in [1.29, 1.82) is 0 Å². The molecule has 0 aliphatic carbocycles. The fraction of sp³-hybridized carbons (Fsp3) is 0.286. The largest absolute Gasteiger partial charge is 0.391 e. The Labute approximate surface area is 126 Å². The van der Waals surface area contributed by atoms with Crippen molar-refractivity contribution < 1.29 is 17.9 Å². The quantitative estimate of drug-likeness (QED) is 0.942. The molecule has 0 saturated heterocycles. The monoisotopic (exact) mass is 327 g/mol. The average Bonchev–Trinajstić information content (AvgIpc) is 3.02. The molecule has 0 spiro atoms. The highest BCUT2D eigenvalue weighted by molar-refractivity contribution is 7.93. The lowest BCUT2D eigenvalue weighted by atomic mass is 10.2. The first-order valence-electron chi connectivity index (χ1n) is 6.45. The van der Waals surface area contributed by atoms with E-state index >= 15 is 0 Å². The number of thiophene rings is 1. The Morgan fingerprint density at radius 2 is 2.14 bits per heavy atom. The van der Waals surface area contributed by atoms with Crippen LogP contribution < -0.4 is 4.31 Å². The lowest BCUT2D eigenvalue weighted by molar-refractivity contribution is 0.285. The van der Waals surface area contributed by atoms with Crippen LogP contribution in [-0.2, 0) is 23.1 Å². The van der Waals surface area contributed by atoms with Crippen LogP contribution in [0, 0.1) is 12.7 Å². The number of nitrogens with zero attached hydrogens (tertiary/aromatic N) is 1. The van der Waals surface area contributed by atoms with Gasteiger partial charge >= 0.3 is 0 Å². The number of anilines is 1. The Morgan fingerprint density at radius 3 is 2.81 bits per heavy atom. The highest BCUT2D eigenvalue weighted by Crippen LogP contribution is 2.36. The zero-order valence-corrected chi connectivity index (χ0v) is 13.0. The van der Waals surface area contributed by atoms with E-state index in [0.717, 1.165) is 5.56 Å². The summed E-state index contributed by atoms with van der Waals surface area (Å²) in [7, 11) is -3.72. The van der Waals surface area contributed by atoms with Gasteiger partial charge in [-0.1, -0.05) is 6.07 Å². The van der Waals surface area contributed by atoms with Gasteiger partial charge in [0.15, 0.2) is 0 Å². The van der Waals surface area contributed by atoms with Gasteiger partial charge in [-0.25, -0.2) is 12.8 Å². The molecule has 1 aliphatic heterocycles. The number of aliphatic hydroxyl groups is 1. The Hall–Kier alpha value is -1.44. The summed E-state index contributed by atoms with van der Waals surface area (Å²) >= 11 is 1.25. The van der Waals surface area contributed by atoms with E-state index in [-0.39, 0.29) is 11.5 Å². The fourth-order valence-corrected chi connectivity index (χ4v) is 5.51. The van der Waals surface area contributed by atoms with Crippen LogP contribution in [0.2, 0.25) is 0 Å². The molecular weight excluding hydrogens is 313 g/mol. The summed E-state index contributed by atoms with van der Waals surface area (Å²) in [5.74, 6) is -0.450. The summed E-state index contributed by atoms with van der Waals surface area (Å²) in [6.45, 7) is 1.83. The van der Waals surface area contributed by atoms with Crippen LogP contribution in [0.4, 0.5) is 10.1 Å². The number of halogens is 1. The summed E-state index contributed by atoms with van der Waals surface area (Å²) in [4.78, 5) is 1.42. The number of rotatable bonds is 3. The van der Waals surface area contributed by atoms with E-state index in [0.29, 0.717) is 28.4 Å². The highest BCUT2D eigenvalue weighted by atomic mass is 32.2. The van der Waals surface area contributed by atoms with Crippen molar-refractivity contribution in [1.82, 2.24) is 0 Å². The van der Waals surface area contributed by atoms with Crippen molar-refractivity contribution in [2.75, 3.05) is 10.8 Å². The second kappa shape index (κ2) is 5.08. The summed E-state index contributed by atoms with van der Waals surface area (Å²) in [6.07, 6.45) is 0.574. The first kappa shape index (κ1) is 14.5. The summed E-state index contributed by atoms with van der Waals surface area (Å²) in [5, 5.41) is 9.15. The van der Waals surface area contributed by atoms with Crippen molar-refractivity contribution in [3.63, 3.8) is 0 Å². The van der Waals surface area contributed by atoms with Gasteiger partial charge in [-0.2, -0.15) is 0 Å². The molecule has 2 heterocycles. The molecule has 3 rings (SSSR count). The molecule has 1 aromatic heterocycles. The predicted molar refractivity (Wildman–Crippen MR) is 79.6 cm³/mol. The second-order valence-corrected chi connectivity index (χ2v) is 8.06. The van der Waals surface area contributed by atoms with Crippen LogP contribution >= 0.6 is 11.3 Å². The normalized spacial score (nSPS) is 14.5. The van der Waals surface area contributed by atoms with Crippen LogP contribution in [-0.4, -0.2) is 20.1 Å². The van der Waals surface area contributed by atoms with E-state index in [1.54, 1.807) is 13.0 Å². The maximum Gasteiger partial charge on any atom is 0.265 e. The molecule has 1 N–H and O–H groups in total. The van der Waals surface area contributed by atoms with Crippen molar-refractivity contribution in [3.8, 4) is 0 Å². The molecule has 4 nitrogen and oxygen atoms in total. The third-order valence-electron chi connectivity index (χ3n) is 3.55. The second-order valence-electron chi connectivity index (χ2n) is 4.89. The Morgan fingerprint density at radius 1 is 1.38 bits per heavy atom. The number of hydrogen-bond donors (Lipinski definition) is 1. The zero-order valence-electron chi connectivity index (χ0n) is 11.3. The van der Waals surface area contributed by atoms with Gasteiger partial charge in [0.05, 0.1) is 12.3 Å². The number of benzene rings is 1. The smallest absolute Gasteiger partial charge is 0.265 e. The molecule has 112 valence electrons. The van der Waals surface area contributed by atoms with Crippen LogP contribution in [0.25, 0.3) is 0 Å². The molecule has 0 fully saturated rings. The van der Waals surface area contributed by atoms with E-state index in [1.807, 2.05) is 0 Å². The summed E-state index contributed by atoms with van der Waals surface area (Å²) in [5.41, 5.74) is 1.24. The van der Waals surface area contributed by atoms with Gasteiger partial charge in [0, 0.05) is 16.3 Å². The van der Waals surface area contributed by atoms with E-state index in [2.05, 4.69) is 0 Å². The molecule has 0 unspecified atom stereocenters. The molecule has 0 saturated carbocycles. The summed E-state index contributed by atoms with van der Waals surface area (Å²) < 4.78 is 40.2. The molecule has 0 radical (unpaired) electrons. The van der Waals surface area contributed by atoms with Gasteiger partial charge in [0.25, 0.3) is 10.0 Å². The first-order chi connectivity index (χ1) is 9.93. The van der Waals surface area contributed by atoms with Gasteiger partial charge in [-0.05, 0) is 37.1 Å². The van der Waals surface area contributed by atoms with Crippen molar-refractivity contribution in [2.45, 2.75) is 24.8 Å². The number of hydrogen-bond acceptors (Lipinski definition) is 4. The van der Waals surface area contributed by atoms with E-state index in [1.165, 1.54) is 33.8 Å². The Bertz CT molecular complexity index is 799. The van der Waals surface area contributed by atoms with Gasteiger partial charge in [0.2, 0.25) is 0 Å². The van der Waals surface area contributed by atoms with E-state index < -0.39 is 15.8 Å². The van der Waals surface area contributed by atoms with Gasteiger partial charge in [-0.3, -0.25) is 4.31 Å². The number of aliphatic hydroxyl groups excluding tert-OH is 1. The molecular formula is C14H14FNO3S2. The van der Waals surface area contributed by atoms with Crippen LogP contribution in [0.1, 0.15) is 15.3 Å².